The monoisotopic (exact) mass is 413 g/mol. The van der Waals surface area contributed by atoms with Gasteiger partial charge in [0, 0.05) is 12.1 Å². The van der Waals surface area contributed by atoms with E-state index in [1.165, 1.54) is 17.3 Å². The van der Waals surface area contributed by atoms with Crippen molar-refractivity contribution < 1.29 is 4.74 Å². The molecule has 1 heterocycles. The second-order valence-electron chi connectivity index (χ2n) is 6.43. The molecular formula is C21H20ClN3O2S. The lowest BCUT2D eigenvalue weighted by molar-refractivity contribution is 0.183. The second-order valence-corrected chi connectivity index (χ2v) is 8.04. The Morgan fingerprint density at radius 2 is 2.04 bits per heavy atom. The van der Waals surface area contributed by atoms with Gasteiger partial charge in [-0.3, -0.25) is 9.36 Å². The molecule has 0 N–H and O–H groups in total. The van der Waals surface area contributed by atoms with Crippen LogP contribution >= 0.6 is 23.4 Å². The number of aryl methyl sites for hydroxylation is 1. The quantitative estimate of drug-likeness (QED) is 0.428. The molecule has 3 rings (SSSR count). The van der Waals surface area contributed by atoms with Crippen LogP contribution in [0, 0.1) is 18.3 Å². The molecule has 0 saturated heterocycles. The number of rotatable bonds is 7. The Morgan fingerprint density at radius 1 is 1.29 bits per heavy atom. The number of halogens is 1. The number of benzene rings is 2. The minimum atomic E-state index is -0.375. The van der Waals surface area contributed by atoms with Crippen LogP contribution in [0.2, 0.25) is 5.02 Å². The van der Waals surface area contributed by atoms with Gasteiger partial charge in [-0.1, -0.05) is 53.2 Å². The van der Waals surface area contributed by atoms with Crippen molar-refractivity contribution in [3.8, 4) is 6.07 Å². The summed E-state index contributed by atoms with van der Waals surface area (Å²) in [6.07, 6.45) is 0.565. The third kappa shape index (κ3) is 4.74. The van der Waals surface area contributed by atoms with Crippen LogP contribution in [0.5, 0.6) is 0 Å². The van der Waals surface area contributed by atoms with Gasteiger partial charge in [-0.2, -0.15) is 5.26 Å². The van der Waals surface area contributed by atoms with Crippen LogP contribution < -0.4 is 5.56 Å². The molecule has 0 spiro atoms. The number of hydrogen-bond donors (Lipinski definition) is 0. The lowest BCUT2D eigenvalue weighted by Gasteiger charge is -2.15. The maximum Gasteiger partial charge on any atom is 0.262 e. The summed E-state index contributed by atoms with van der Waals surface area (Å²) in [5.74, 6) is 0. The largest absolute Gasteiger partial charge is 0.383 e. The van der Waals surface area contributed by atoms with Crippen LogP contribution in [0.3, 0.4) is 0 Å². The predicted molar refractivity (Wildman–Crippen MR) is 113 cm³/mol. The smallest absolute Gasteiger partial charge is 0.262 e. The summed E-state index contributed by atoms with van der Waals surface area (Å²) in [6.45, 7) is 2.77. The van der Waals surface area contributed by atoms with Crippen molar-refractivity contribution in [2.45, 2.75) is 30.3 Å². The SMILES string of the molecule is COCCn1c(SC(C#N)Cc2ccc(C)cc2)nc2cc(Cl)ccc2c1=O. The molecule has 0 saturated carbocycles. The zero-order valence-electron chi connectivity index (χ0n) is 15.7. The zero-order chi connectivity index (χ0) is 20.1. The lowest BCUT2D eigenvalue weighted by Crippen LogP contribution is -2.26. The van der Waals surface area contributed by atoms with Crippen LogP contribution in [0.4, 0.5) is 0 Å². The molecule has 3 aromatic rings. The van der Waals surface area contributed by atoms with E-state index in [0.29, 0.717) is 40.7 Å². The van der Waals surface area contributed by atoms with E-state index < -0.39 is 0 Å². The first-order chi connectivity index (χ1) is 13.5. The number of ether oxygens (including phenoxy) is 1. The van der Waals surface area contributed by atoms with Crippen molar-refractivity contribution in [3.63, 3.8) is 0 Å². The van der Waals surface area contributed by atoms with Crippen LogP contribution in [0.25, 0.3) is 10.9 Å². The normalized spacial score (nSPS) is 12.1. The van der Waals surface area contributed by atoms with E-state index in [4.69, 9.17) is 16.3 Å². The molecule has 0 aliphatic rings. The van der Waals surface area contributed by atoms with E-state index in [2.05, 4.69) is 11.1 Å². The Kier molecular flexibility index (Phi) is 6.74. The Morgan fingerprint density at radius 3 is 2.71 bits per heavy atom. The van der Waals surface area contributed by atoms with Crippen molar-refractivity contribution in [1.29, 1.82) is 5.26 Å². The average molecular weight is 414 g/mol. The van der Waals surface area contributed by atoms with Gasteiger partial charge in [0.15, 0.2) is 5.16 Å². The molecule has 7 heteroatoms. The number of nitrogens with zero attached hydrogens (tertiary/aromatic N) is 3. The highest BCUT2D eigenvalue weighted by Gasteiger charge is 2.18. The van der Waals surface area contributed by atoms with Crippen molar-refractivity contribution in [2.75, 3.05) is 13.7 Å². The molecule has 144 valence electrons. The summed E-state index contributed by atoms with van der Waals surface area (Å²) in [5.41, 5.74) is 2.61. The van der Waals surface area contributed by atoms with E-state index in [1.54, 1.807) is 29.9 Å². The molecule has 0 radical (unpaired) electrons. The molecule has 1 atom stereocenters. The number of nitriles is 1. The molecule has 28 heavy (non-hydrogen) atoms. The summed E-state index contributed by atoms with van der Waals surface area (Å²) in [5, 5.41) is 10.8. The Hall–Kier alpha value is -2.33. The molecule has 0 fully saturated rings. The fourth-order valence-electron chi connectivity index (χ4n) is 2.82. The van der Waals surface area contributed by atoms with Crippen molar-refractivity contribution in [2.24, 2.45) is 0 Å². The number of fused-ring (bicyclic) bond motifs is 1. The summed E-state index contributed by atoms with van der Waals surface area (Å²) >= 11 is 7.36. The Bertz CT molecular complexity index is 1070. The maximum absolute atomic E-state index is 13.0. The number of thioether (sulfide) groups is 1. The van der Waals surface area contributed by atoms with E-state index in [-0.39, 0.29) is 10.8 Å². The molecule has 0 aliphatic heterocycles. The minimum Gasteiger partial charge on any atom is -0.383 e. The maximum atomic E-state index is 13.0. The van der Waals surface area contributed by atoms with Gasteiger partial charge in [0.05, 0.1) is 30.1 Å². The second kappa shape index (κ2) is 9.24. The standard InChI is InChI=1S/C21H20ClN3O2S/c1-14-3-5-15(6-4-14)11-17(13-23)28-21-24-19-12-16(22)7-8-18(19)20(26)25(21)9-10-27-2/h3-8,12,17H,9-11H2,1-2H3. The summed E-state index contributed by atoms with van der Waals surface area (Å²) in [6, 6.07) is 15.4. The molecule has 0 bridgehead atoms. The van der Waals surface area contributed by atoms with Gasteiger partial charge in [-0.15, -0.1) is 0 Å². The average Bonchev–Trinajstić information content (AvgIpc) is 2.68. The summed E-state index contributed by atoms with van der Waals surface area (Å²) in [4.78, 5) is 17.6. The van der Waals surface area contributed by atoms with E-state index in [9.17, 15) is 10.1 Å². The van der Waals surface area contributed by atoms with Gasteiger partial charge < -0.3 is 4.74 Å². The first kappa shape index (κ1) is 20.4. The first-order valence-corrected chi connectivity index (χ1v) is 10.1. The molecular weight excluding hydrogens is 394 g/mol. The number of aromatic nitrogens is 2. The Labute approximate surface area is 172 Å². The fourth-order valence-corrected chi connectivity index (χ4v) is 4.02. The molecule has 5 nitrogen and oxygen atoms in total. The van der Waals surface area contributed by atoms with Crippen LogP contribution in [0.1, 0.15) is 11.1 Å². The van der Waals surface area contributed by atoms with Gasteiger partial charge in [0.1, 0.15) is 5.25 Å². The van der Waals surface area contributed by atoms with Gasteiger partial charge in [0.2, 0.25) is 0 Å². The van der Waals surface area contributed by atoms with Crippen LogP contribution in [-0.2, 0) is 17.7 Å². The first-order valence-electron chi connectivity index (χ1n) is 8.82. The van der Waals surface area contributed by atoms with Crippen molar-refractivity contribution in [3.05, 3.63) is 69.0 Å². The third-order valence-corrected chi connectivity index (χ3v) is 5.65. The third-order valence-electron chi connectivity index (χ3n) is 4.33. The molecule has 1 unspecified atom stereocenters. The zero-order valence-corrected chi connectivity index (χ0v) is 17.3. The van der Waals surface area contributed by atoms with E-state index in [0.717, 1.165) is 5.56 Å². The van der Waals surface area contributed by atoms with Gasteiger partial charge >= 0.3 is 0 Å². The predicted octanol–water partition coefficient (Wildman–Crippen LogP) is 4.23. The molecule has 0 aliphatic carbocycles. The lowest BCUT2D eigenvalue weighted by atomic mass is 10.1. The Balaban J connectivity index is 1.97. The van der Waals surface area contributed by atoms with Gasteiger partial charge in [-0.05, 0) is 37.1 Å². The van der Waals surface area contributed by atoms with Crippen LogP contribution in [-0.4, -0.2) is 28.5 Å². The summed E-state index contributed by atoms with van der Waals surface area (Å²) in [7, 11) is 1.58. The molecule has 0 amide bonds. The van der Waals surface area contributed by atoms with Gasteiger partial charge in [-0.25, -0.2) is 4.98 Å². The number of methoxy groups -OCH3 is 1. The minimum absolute atomic E-state index is 0.159. The highest BCUT2D eigenvalue weighted by atomic mass is 35.5. The van der Waals surface area contributed by atoms with E-state index >= 15 is 0 Å². The highest BCUT2D eigenvalue weighted by molar-refractivity contribution is 8.00. The molecule has 2 aromatic carbocycles. The topological polar surface area (TPSA) is 67.9 Å². The van der Waals surface area contributed by atoms with Crippen molar-refractivity contribution >= 4 is 34.3 Å². The van der Waals surface area contributed by atoms with E-state index in [1.807, 2.05) is 31.2 Å². The fraction of sp³-hybridized carbons (Fsp3) is 0.286. The summed E-state index contributed by atoms with van der Waals surface area (Å²) < 4.78 is 6.72. The van der Waals surface area contributed by atoms with Crippen LogP contribution in [0.15, 0.2) is 52.4 Å². The van der Waals surface area contributed by atoms with Crippen molar-refractivity contribution in [1.82, 2.24) is 9.55 Å². The van der Waals surface area contributed by atoms with Gasteiger partial charge in [0.25, 0.3) is 5.56 Å². The number of hydrogen-bond acceptors (Lipinski definition) is 5. The highest BCUT2D eigenvalue weighted by Crippen LogP contribution is 2.26. The molecule has 1 aromatic heterocycles.